The molecule has 0 aromatic carbocycles. The molecule has 1 heterocycles. The molecule has 0 bridgehead atoms. The summed E-state index contributed by atoms with van der Waals surface area (Å²) in [7, 11) is 0. The first-order chi connectivity index (χ1) is 6.02. The number of imidazole rings is 1. The van der Waals surface area contributed by atoms with E-state index in [0.29, 0.717) is 10.9 Å². The highest BCUT2D eigenvalue weighted by Gasteiger charge is 2.16. The first-order valence-electron chi connectivity index (χ1n) is 3.52. The van der Waals surface area contributed by atoms with Gasteiger partial charge in [0.25, 0.3) is 0 Å². The van der Waals surface area contributed by atoms with Gasteiger partial charge in [0.15, 0.2) is 5.82 Å². The highest BCUT2D eigenvalue weighted by atomic mass is 35.5. The van der Waals surface area contributed by atoms with E-state index in [-0.39, 0.29) is 12.4 Å². The highest BCUT2D eigenvalue weighted by molar-refractivity contribution is 6.29. The molecule has 0 atom stereocenters. The van der Waals surface area contributed by atoms with Crippen LogP contribution in [0.15, 0.2) is 17.8 Å². The molecule has 5 nitrogen and oxygen atoms in total. The van der Waals surface area contributed by atoms with Crippen LogP contribution in [-0.4, -0.2) is 14.5 Å². The first kappa shape index (κ1) is 9.73. The monoisotopic (exact) mass is 201 g/mol. The number of rotatable bonds is 3. The third-order valence-electron chi connectivity index (χ3n) is 1.55. The van der Waals surface area contributed by atoms with Gasteiger partial charge in [-0.2, -0.15) is 0 Å². The molecular formula is C7H8ClN3O2. The average molecular weight is 202 g/mol. The van der Waals surface area contributed by atoms with E-state index in [1.807, 2.05) is 0 Å². The molecule has 0 saturated carbocycles. The van der Waals surface area contributed by atoms with Crippen molar-refractivity contribution in [2.24, 2.45) is 0 Å². The van der Waals surface area contributed by atoms with Crippen LogP contribution in [0.2, 0.25) is 0 Å². The number of nitrogens with zero attached hydrogens (tertiary/aromatic N) is 3. The predicted octanol–water partition coefficient (Wildman–Crippen LogP) is 1.85. The average Bonchev–Trinajstić information content (AvgIpc) is 2.32. The number of aryl methyl sites for hydroxylation is 1. The molecule has 1 aromatic heterocycles. The minimum Gasteiger partial charge on any atom is -0.358 e. The van der Waals surface area contributed by atoms with E-state index in [4.69, 9.17) is 11.6 Å². The van der Waals surface area contributed by atoms with Crippen molar-refractivity contribution in [3.05, 3.63) is 33.7 Å². The third-order valence-corrected chi connectivity index (χ3v) is 1.67. The Balaban J connectivity index is 3.08. The van der Waals surface area contributed by atoms with Gasteiger partial charge in [-0.3, -0.25) is 0 Å². The lowest BCUT2D eigenvalue weighted by molar-refractivity contribution is -0.392. The standard InChI is InChI=1S/C7H8ClN3O2/c1-5(8)4-10-6(2)9-3-7(10)11(12)13/h3H,1,4H2,2H3. The van der Waals surface area contributed by atoms with Crippen molar-refractivity contribution in [3.8, 4) is 0 Å². The fourth-order valence-electron chi connectivity index (χ4n) is 0.969. The normalized spacial score (nSPS) is 10.0. The van der Waals surface area contributed by atoms with Crippen LogP contribution in [0.3, 0.4) is 0 Å². The Morgan fingerprint density at radius 1 is 1.92 bits per heavy atom. The van der Waals surface area contributed by atoms with Crippen molar-refractivity contribution in [2.45, 2.75) is 13.5 Å². The van der Waals surface area contributed by atoms with Crippen LogP contribution in [0.4, 0.5) is 5.82 Å². The van der Waals surface area contributed by atoms with Gasteiger partial charge in [0.2, 0.25) is 0 Å². The largest absolute Gasteiger partial charge is 0.358 e. The van der Waals surface area contributed by atoms with Crippen LogP contribution in [0, 0.1) is 17.0 Å². The van der Waals surface area contributed by atoms with E-state index >= 15 is 0 Å². The number of halogens is 1. The zero-order valence-electron chi connectivity index (χ0n) is 7.03. The molecule has 0 unspecified atom stereocenters. The maximum Gasteiger partial charge on any atom is 0.343 e. The summed E-state index contributed by atoms with van der Waals surface area (Å²) in [5, 5.41) is 10.8. The first-order valence-corrected chi connectivity index (χ1v) is 3.90. The molecular weight excluding hydrogens is 194 g/mol. The smallest absolute Gasteiger partial charge is 0.343 e. The Kier molecular flexibility index (Phi) is 2.67. The van der Waals surface area contributed by atoms with Crippen LogP contribution in [0.5, 0.6) is 0 Å². The topological polar surface area (TPSA) is 61.0 Å². The van der Waals surface area contributed by atoms with E-state index in [1.54, 1.807) is 6.92 Å². The van der Waals surface area contributed by atoms with E-state index < -0.39 is 4.92 Å². The molecule has 0 aliphatic carbocycles. The second-order valence-corrected chi connectivity index (χ2v) is 3.06. The van der Waals surface area contributed by atoms with Crippen LogP contribution < -0.4 is 0 Å². The summed E-state index contributed by atoms with van der Waals surface area (Å²) in [5.74, 6) is 0.479. The molecule has 1 rings (SSSR count). The SMILES string of the molecule is C=C(Cl)Cn1c([N+](=O)[O-])cnc1C. The summed E-state index contributed by atoms with van der Waals surface area (Å²) in [6.07, 6.45) is 1.20. The van der Waals surface area contributed by atoms with E-state index in [2.05, 4.69) is 11.6 Å². The summed E-state index contributed by atoms with van der Waals surface area (Å²) in [6, 6.07) is 0. The fraction of sp³-hybridized carbons (Fsp3) is 0.286. The lowest BCUT2D eigenvalue weighted by Gasteiger charge is -1.99. The van der Waals surface area contributed by atoms with Crippen LogP contribution in [0.1, 0.15) is 5.82 Å². The Bertz CT molecular complexity index is 359. The van der Waals surface area contributed by atoms with Crippen molar-refractivity contribution in [2.75, 3.05) is 0 Å². The van der Waals surface area contributed by atoms with Crippen molar-refractivity contribution in [1.82, 2.24) is 9.55 Å². The second-order valence-electron chi connectivity index (χ2n) is 2.52. The molecule has 1 aromatic rings. The molecule has 0 aliphatic heterocycles. The number of aromatic nitrogens is 2. The molecule has 6 heteroatoms. The number of nitro groups is 1. The number of hydrogen-bond acceptors (Lipinski definition) is 3. The molecule has 0 spiro atoms. The molecule has 13 heavy (non-hydrogen) atoms. The molecule has 0 radical (unpaired) electrons. The third kappa shape index (κ3) is 2.06. The summed E-state index contributed by atoms with van der Waals surface area (Å²) in [6.45, 7) is 5.35. The van der Waals surface area contributed by atoms with Gasteiger partial charge in [-0.1, -0.05) is 18.2 Å². The maximum absolute atomic E-state index is 10.5. The minimum atomic E-state index is -0.500. The Labute approximate surface area is 79.8 Å². The fourth-order valence-corrected chi connectivity index (χ4v) is 1.09. The number of allylic oxidation sites excluding steroid dienone is 1. The van der Waals surface area contributed by atoms with Gasteiger partial charge in [0.1, 0.15) is 12.7 Å². The summed E-state index contributed by atoms with van der Waals surface area (Å²) < 4.78 is 1.40. The summed E-state index contributed by atoms with van der Waals surface area (Å²) in [4.78, 5) is 13.8. The minimum absolute atomic E-state index is 0.0701. The highest BCUT2D eigenvalue weighted by Crippen LogP contribution is 2.16. The van der Waals surface area contributed by atoms with Gasteiger partial charge < -0.3 is 10.1 Å². The maximum atomic E-state index is 10.5. The van der Waals surface area contributed by atoms with Gasteiger partial charge in [-0.25, -0.2) is 9.55 Å². The van der Waals surface area contributed by atoms with Crippen LogP contribution >= 0.6 is 11.6 Å². The number of hydrogen-bond donors (Lipinski definition) is 0. The zero-order valence-corrected chi connectivity index (χ0v) is 7.78. The Morgan fingerprint density at radius 2 is 2.54 bits per heavy atom. The van der Waals surface area contributed by atoms with Crippen molar-refractivity contribution in [3.63, 3.8) is 0 Å². The molecule has 0 amide bonds. The van der Waals surface area contributed by atoms with Crippen molar-refractivity contribution < 1.29 is 4.92 Å². The lowest BCUT2D eigenvalue weighted by atomic mass is 10.5. The van der Waals surface area contributed by atoms with Gasteiger partial charge in [-0.15, -0.1) is 0 Å². The Hall–Kier alpha value is -1.36. The van der Waals surface area contributed by atoms with Crippen LogP contribution in [-0.2, 0) is 6.54 Å². The molecule has 0 fully saturated rings. The van der Waals surface area contributed by atoms with Gasteiger partial charge in [-0.05, 0) is 4.92 Å². The zero-order chi connectivity index (χ0) is 10.0. The van der Waals surface area contributed by atoms with Crippen molar-refractivity contribution >= 4 is 17.4 Å². The van der Waals surface area contributed by atoms with E-state index in [1.165, 1.54) is 10.8 Å². The molecule has 0 aliphatic rings. The van der Waals surface area contributed by atoms with Gasteiger partial charge in [0, 0.05) is 6.92 Å². The van der Waals surface area contributed by atoms with Gasteiger partial charge >= 0.3 is 5.82 Å². The molecule has 0 saturated heterocycles. The Morgan fingerprint density at radius 3 is 3.00 bits per heavy atom. The van der Waals surface area contributed by atoms with Gasteiger partial charge in [0.05, 0.1) is 5.03 Å². The van der Waals surface area contributed by atoms with Crippen LogP contribution in [0.25, 0.3) is 0 Å². The summed E-state index contributed by atoms with van der Waals surface area (Å²) in [5.41, 5.74) is 0. The quantitative estimate of drug-likeness (QED) is 0.554. The van der Waals surface area contributed by atoms with Crippen molar-refractivity contribution in [1.29, 1.82) is 0 Å². The molecule has 0 N–H and O–H groups in total. The van der Waals surface area contributed by atoms with E-state index in [9.17, 15) is 10.1 Å². The predicted molar refractivity (Wildman–Crippen MR) is 48.6 cm³/mol. The van der Waals surface area contributed by atoms with E-state index in [0.717, 1.165) is 0 Å². The second kappa shape index (κ2) is 3.57. The summed E-state index contributed by atoms with van der Waals surface area (Å²) >= 11 is 5.55. The molecule has 70 valence electrons. The lowest BCUT2D eigenvalue weighted by Crippen LogP contribution is -2.04.